The molecule has 3 heteroatoms. The smallest absolute Gasteiger partial charge is 0.169 e. The van der Waals surface area contributed by atoms with Gasteiger partial charge in [0.05, 0.1) is 7.11 Å². The van der Waals surface area contributed by atoms with Gasteiger partial charge in [-0.05, 0) is 56.1 Å². The molecule has 0 saturated heterocycles. The number of nitrogens with two attached hydrogens (primary N) is 1. The van der Waals surface area contributed by atoms with E-state index < -0.39 is 0 Å². The van der Waals surface area contributed by atoms with Crippen molar-refractivity contribution in [1.82, 2.24) is 0 Å². The minimum atomic E-state index is 0.602. The molecule has 0 fully saturated rings. The quantitative estimate of drug-likeness (QED) is 0.903. The van der Waals surface area contributed by atoms with Crippen LogP contribution in [0.3, 0.4) is 0 Å². The minimum absolute atomic E-state index is 0.602. The van der Waals surface area contributed by atoms with Crippen molar-refractivity contribution in [2.45, 2.75) is 20.3 Å². The first-order chi connectivity index (χ1) is 9.63. The fraction of sp³-hybridized carbons (Fsp3) is 0.294. The van der Waals surface area contributed by atoms with E-state index in [1.54, 1.807) is 7.11 Å². The van der Waals surface area contributed by atoms with Crippen LogP contribution in [0, 0.1) is 13.8 Å². The summed E-state index contributed by atoms with van der Waals surface area (Å²) in [5, 5.41) is 0. The Kier molecular flexibility index (Phi) is 4.64. The van der Waals surface area contributed by atoms with Crippen molar-refractivity contribution >= 4 is 0 Å². The maximum Gasteiger partial charge on any atom is 0.169 e. The molecule has 0 spiro atoms. The molecule has 0 unspecified atom stereocenters. The number of hydrogen-bond acceptors (Lipinski definition) is 3. The van der Waals surface area contributed by atoms with Crippen molar-refractivity contribution in [3.8, 4) is 17.2 Å². The van der Waals surface area contributed by atoms with E-state index in [1.165, 1.54) is 5.56 Å². The molecule has 0 radical (unpaired) electrons. The van der Waals surface area contributed by atoms with Crippen LogP contribution in [0.5, 0.6) is 17.2 Å². The lowest BCUT2D eigenvalue weighted by Gasteiger charge is -2.14. The van der Waals surface area contributed by atoms with Gasteiger partial charge in [-0.25, -0.2) is 0 Å². The van der Waals surface area contributed by atoms with Crippen LogP contribution < -0.4 is 15.2 Å². The Hall–Kier alpha value is -2.00. The molecule has 0 saturated carbocycles. The van der Waals surface area contributed by atoms with Crippen molar-refractivity contribution in [3.63, 3.8) is 0 Å². The summed E-state index contributed by atoms with van der Waals surface area (Å²) < 4.78 is 11.4. The van der Waals surface area contributed by atoms with Gasteiger partial charge in [-0.2, -0.15) is 0 Å². The highest BCUT2D eigenvalue weighted by atomic mass is 16.5. The summed E-state index contributed by atoms with van der Waals surface area (Å²) in [4.78, 5) is 0. The zero-order chi connectivity index (χ0) is 14.5. The fourth-order valence-corrected chi connectivity index (χ4v) is 2.14. The van der Waals surface area contributed by atoms with E-state index in [0.717, 1.165) is 34.8 Å². The van der Waals surface area contributed by atoms with E-state index >= 15 is 0 Å². The number of hydrogen-bond donors (Lipinski definition) is 1. The van der Waals surface area contributed by atoms with Crippen molar-refractivity contribution < 1.29 is 9.47 Å². The zero-order valence-electron chi connectivity index (χ0n) is 12.3. The third-order valence-electron chi connectivity index (χ3n) is 3.17. The lowest BCUT2D eigenvalue weighted by molar-refractivity contribution is 0.377. The molecule has 0 bridgehead atoms. The molecule has 20 heavy (non-hydrogen) atoms. The number of ether oxygens (including phenoxy) is 2. The maximum absolute atomic E-state index is 6.01. The molecular weight excluding hydrogens is 250 g/mol. The average molecular weight is 271 g/mol. The Morgan fingerprint density at radius 2 is 1.55 bits per heavy atom. The van der Waals surface area contributed by atoms with Gasteiger partial charge in [-0.1, -0.05) is 23.8 Å². The fourth-order valence-electron chi connectivity index (χ4n) is 2.14. The van der Waals surface area contributed by atoms with Crippen LogP contribution in [0.15, 0.2) is 36.4 Å². The first kappa shape index (κ1) is 14.4. The zero-order valence-corrected chi connectivity index (χ0v) is 12.3. The van der Waals surface area contributed by atoms with Gasteiger partial charge >= 0.3 is 0 Å². The van der Waals surface area contributed by atoms with Gasteiger partial charge in [0.25, 0.3) is 0 Å². The first-order valence-electron chi connectivity index (χ1n) is 6.76. The monoisotopic (exact) mass is 271 g/mol. The molecule has 0 atom stereocenters. The lowest BCUT2D eigenvalue weighted by Crippen LogP contribution is -2.04. The molecule has 2 aromatic rings. The largest absolute Gasteiger partial charge is 0.493 e. The normalized spacial score (nSPS) is 10.4. The predicted molar refractivity (Wildman–Crippen MR) is 81.7 cm³/mol. The summed E-state index contributed by atoms with van der Waals surface area (Å²) in [6.07, 6.45) is 0.797. The Bertz CT molecular complexity index is 594. The van der Waals surface area contributed by atoms with Gasteiger partial charge in [0, 0.05) is 0 Å². The molecule has 0 aromatic heterocycles. The van der Waals surface area contributed by atoms with Crippen molar-refractivity contribution in [3.05, 3.63) is 53.1 Å². The number of aryl methyl sites for hydroxylation is 2. The Morgan fingerprint density at radius 3 is 2.20 bits per heavy atom. The predicted octanol–water partition coefficient (Wildman–Crippen LogP) is 3.61. The van der Waals surface area contributed by atoms with E-state index in [0.29, 0.717) is 6.54 Å². The highest BCUT2D eigenvalue weighted by molar-refractivity contribution is 5.47. The Morgan fingerprint density at radius 1 is 0.900 bits per heavy atom. The van der Waals surface area contributed by atoms with Gasteiger partial charge in [0.15, 0.2) is 11.5 Å². The molecular formula is C17H21NO2. The van der Waals surface area contributed by atoms with Crippen LogP contribution in [-0.4, -0.2) is 13.7 Å². The average Bonchev–Trinajstić information content (AvgIpc) is 2.43. The van der Waals surface area contributed by atoms with E-state index in [9.17, 15) is 0 Å². The molecule has 2 aromatic carbocycles. The third kappa shape index (κ3) is 3.31. The molecule has 2 N–H and O–H groups in total. The van der Waals surface area contributed by atoms with Crippen LogP contribution in [0.2, 0.25) is 0 Å². The number of benzene rings is 2. The maximum atomic E-state index is 6.01. The lowest BCUT2D eigenvalue weighted by atomic mass is 10.1. The second kappa shape index (κ2) is 6.44. The van der Waals surface area contributed by atoms with Crippen LogP contribution in [-0.2, 0) is 6.42 Å². The van der Waals surface area contributed by atoms with Crippen LogP contribution in [0.1, 0.15) is 16.7 Å². The number of methoxy groups -OCH3 is 1. The molecule has 0 heterocycles. The van der Waals surface area contributed by atoms with Crippen molar-refractivity contribution in [2.24, 2.45) is 5.73 Å². The summed E-state index contributed by atoms with van der Waals surface area (Å²) >= 11 is 0. The van der Waals surface area contributed by atoms with E-state index in [-0.39, 0.29) is 0 Å². The topological polar surface area (TPSA) is 44.5 Å². The summed E-state index contributed by atoms with van der Waals surface area (Å²) in [6.45, 7) is 4.69. The third-order valence-corrected chi connectivity index (χ3v) is 3.17. The van der Waals surface area contributed by atoms with Crippen molar-refractivity contribution in [1.29, 1.82) is 0 Å². The summed E-state index contributed by atoms with van der Waals surface area (Å²) in [7, 11) is 1.65. The molecule has 2 rings (SSSR count). The van der Waals surface area contributed by atoms with E-state index in [1.807, 2.05) is 37.3 Å². The van der Waals surface area contributed by atoms with Gasteiger partial charge in [-0.15, -0.1) is 0 Å². The van der Waals surface area contributed by atoms with Gasteiger partial charge in [0.2, 0.25) is 0 Å². The summed E-state index contributed by atoms with van der Waals surface area (Å²) in [5.41, 5.74) is 9.13. The molecule has 0 aliphatic carbocycles. The van der Waals surface area contributed by atoms with Gasteiger partial charge in [0.1, 0.15) is 5.75 Å². The summed E-state index contributed by atoms with van der Waals surface area (Å²) in [5.74, 6) is 2.30. The van der Waals surface area contributed by atoms with Gasteiger partial charge < -0.3 is 15.2 Å². The molecule has 0 aliphatic heterocycles. The van der Waals surface area contributed by atoms with Crippen LogP contribution >= 0.6 is 0 Å². The molecule has 0 aliphatic rings. The van der Waals surface area contributed by atoms with E-state index in [4.69, 9.17) is 15.2 Å². The number of rotatable bonds is 5. The van der Waals surface area contributed by atoms with Gasteiger partial charge in [-0.3, -0.25) is 0 Å². The SMILES string of the molecule is COc1cc(C)ccc1Oc1ccc(C)cc1CCN. The Labute approximate surface area is 120 Å². The Balaban J connectivity index is 2.34. The molecule has 0 amide bonds. The standard InChI is InChI=1S/C17H21NO2/c1-12-4-6-15(14(10-12)8-9-18)20-16-7-5-13(2)11-17(16)19-3/h4-7,10-11H,8-9,18H2,1-3H3. The highest BCUT2D eigenvalue weighted by Gasteiger charge is 2.09. The van der Waals surface area contributed by atoms with Crippen LogP contribution in [0.4, 0.5) is 0 Å². The van der Waals surface area contributed by atoms with Crippen LogP contribution in [0.25, 0.3) is 0 Å². The summed E-state index contributed by atoms with van der Waals surface area (Å²) in [6, 6.07) is 12.0. The minimum Gasteiger partial charge on any atom is -0.493 e. The van der Waals surface area contributed by atoms with Crippen molar-refractivity contribution in [2.75, 3.05) is 13.7 Å². The highest BCUT2D eigenvalue weighted by Crippen LogP contribution is 2.34. The second-order valence-electron chi connectivity index (χ2n) is 4.91. The first-order valence-corrected chi connectivity index (χ1v) is 6.76. The molecule has 106 valence electrons. The molecule has 3 nitrogen and oxygen atoms in total. The van der Waals surface area contributed by atoms with E-state index in [2.05, 4.69) is 13.0 Å². The second-order valence-corrected chi connectivity index (χ2v) is 4.91.